The number of aryl methyl sites for hydroxylation is 2. The number of nitrogens with one attached hydrogen (secondary N) is 1. The van der Waals surface area contributed by atoms with Crippen LogP contribution in [0.2, 0.25) is 0 Å². The molecule has 0 aliphatic carbocycles. The van der Waals surface area contributed by atoms with E-state index in [4.69, 9.17) is 0 Å². The lowest BCUT2D eigenvalue weighted by molar-refractivity contribution is 0.587. The molecule has 2 rings (SSSR count). The standard InChI is InChI=1S/C12H19N5/c1-3-16-7-5-6-11(16)8-13-9-12-15-14-10-17(12)4-2/h5-7,10,13H,3-4,8-9H2,1-2H3. The highest BCUT2D eigenvalue weighted by molar-refractivity contribution is 5.06. The molecule has 0 aromatic carbocycles. The third-order valence-corrected chi connectivity index (χ3v) is 2.89. The van der Waals surface area contributed by atoms with E-state index < -0.39 is 0 Å². The fourth-order valence-electron chi connectivity index (χ4n) is 1.90. The van der Waals surface area contributed by atoms with Crippen molar-refractivity contribution >= 4 is 0 Å². The Hall–Kier alpha value is -1.62. The minimum absolute atomic E-state index is 0.753. The summed E-state index contributed by atoms with van der Waals surface area (Å²) in [6, 6.07) is 4.22. The average Bonchev–Trinajstić information content (AvgIpc) is 2.97. The van der Waals surface area contributed by atoms with E-state index in [1.54, 1.807) is 6.33 Å². The van der Waals surface area contributed by atoms with Crippen LogP contribution in [0, 0.1) is 0 Å². The molecule has 5 heteroatoms. The van der Waals surface area contributed by atoms with E-state index in [1.807, 2.05) is 4.57 Å². The van der Waals surface area contributed by atoms with Gasteiger partial charge in [0.15, 0.2) is 0 Å². The second-order valence-electron chi connectivity index (χ2n) is 3.92. The quantitative estimate of drug-likeness (QED) is 0.820. The third-order valence-electron chi connectivity index (χ3n) is 2.89. The van der Waals surface area contributed by atoms with Crippen molar-refractivity contribution in [3.8, 4) is 0 Å². The number of aromatic nitrogens is 4. The molecule has 17 heavy (non-hydrogen) atoms. The van der Waals surface area contributed by atoms with E-state index in [-0.39, 0.29) is 0 Å². The average molecular weight is 233 g/mol. The number of hydrogen-bond donors (Lipinski definition) is 1. The Morgan fingerprint density at radius 3 is 2.76 bits per heavy atom. The highest BCUT2D eigenvalue weighted by Gasteiger charge is 2.03. The molecule has 0 saturated carbocycles. The van der Waals surface area contributed by atoms with Gasteiger partial charge in [-0.25, -0.2) is 0 Å². The predicted molar refractivity (Wildman–Crippen MR) is 66.3 cm³/mol. The number of hydrogen-bond acceptors (Lipinski definition) is 3. The van der Waals surface area contributed by atoms with Gasteiger partial charge in [-0.3, -0.25) is 0 Å². The molecule has 0 saturated heterocycles. The lowest BCUT2D eigenvalue weighted by Crippen LogP contribution is -2.18. The molecule has 1 N–H and O–H groups in total. The zero-order chi connectivity index (χ0) is 12.1. The van der Waals surface area contributed by atoms with Crippen molar-refractivity contribution in [2.45, 2.75) is 40.0 Å². The van der Waals surface area contributed by atoms with Crippen molar-refractivity contribution in [2.24, 2.45) is 0 Å². The molecular formula is C12H19N5. The molecule has 0 atom stereocenters. The molecule has 0 spiro atoms. The van der Waals surface area contributed by atoms with Crippen molar-refractivity contribution < 1.29 is 0 Å². The summed E-state index contributed by atoms with van der Waals surface area (Å²) in [5.74, 6) is 0.988. The van der Waals surface area contributed by atoms with Gasteiger partial charge in [0, 0.05) is 31.5 Å². The van der Waals surface area contributed by atoms with Crippen molar-refractivity contribution in [1.82, 2.24) is 24.6 Å². The van der Waals surface area contributed by atoms with Gasteiger partial charge in [0.25, 0.3) is 0 Å². The topological polar surface area (TPSA) is 47.7 Å². The normalized spacial score (nSPS) is 10.9. The maximum Gasteiger partial charge on any atom is 0.146 e. The summed E-state index contributed by atoms with van der Waals surface area (Å²) in [6.45, 7) is 7.77. The minimum Gasteiger partial charge on any atom is -0.351 e. The Morgan fingerprint density at radius 2 is 2.00 bits per heavy atom. The first-order chi connectivity index (χ1) is 8.35. The first-order valence-electron chi connectivity index (χ1n) is 6.06. The van der Waals surface area contributed by atoms with Gasteiger partial charge in [-0.2, -0.15) is 0 Å². The van der Waals surface area contributed by atoms with Crippen molar-refractivity contribution in [2.75, 3.05) is 0 Å². The molecule has 2 aromatic heterocycles. The van der Waals surface area contributed by atoms with Crippen LogP contribution in [0.3, 0.4) is 0 Å². The smallest absolute Gasteiger partial charge is 0.146 e. The summed E-state index contributed by atoms with van der Waals surface area (Å²) in [6.07, 6.45) is 3.87. The zero-order valence-corrected chi connectivity index (χ0v) is 10.4. The van der Waals surface area contributed by atoms with Crippen LogP contribution >= 0.6 is 0 Å². The van der Waals surface area contributed by atoms with Crippen molar-refractivity contribution in [3.05, 3.63) is 36.2 Å². The fraction of sp³-hybridized carbons (Fsp3) is 0.500. The van der Waals surface area contributed by atoms with Gasteiger partial charge in [0.1, 0.15) is 12.2 Å². The first-order valence-corrected chi connectivity index (χ1v) is 6.06. The number of nitrogens with zero attached hydrogens (tertiary/aromatic N) is 4. The van der Waals surface area contributed by atoms with Gasteiger partial charge in [0.05, 0.1) is 6.54 Å². The second kappa shape index (κ2) is 5.63. The van der Waals surface area contributed by atoms with E-state index in [0.29, 0.717) is 0 Å². The van der Waals surface area contributed by atoms with Crippen molar-refractivity contribution in [3.63, 3.8) is 0 Å². The Balaban J connectivity index is 1.87. The lowest BCUT2D eigenvalue weighted by Gasteiger charge is -2.08. The van der Waals surface area contributed by atoms with Crippen LogP contribution in [-0.4, -0.2) is 19.3 Å². The SMILES string of the molecule is CCn1cccc1CNCc1nncn1CC. The Morgan fingerprint density at radius 1 is 1.18 bits per heavy atom. The van der Waals surface area contributed by atoms with Crippen molar-refractivity contribution in [1.29, 1.82) is 0 Å². The van der Waals surface area contributed by atoms with E-state index in [0.717, 1.165) is 32.0 Å². The Kier molecular flexibility index (Phi) is 3.93. The summed E-state index contributed by atoms with van der Waals surface area (Å²) in [7, 11) is 0. The molecule has 0 aliphatic rings. The maximum atomic E-state index is 4.09. The zero-order valence-electron chi connectivity index (χ0n) is 10.4. The summed E-state index contributed by atoms with van der Waals surface area (Å²) in [5.41, 5.74) is 1.30. The molecule has 92 valence electrons. The molecule has 0 radical (unpaired) electrons. The van der Waals surface area contributed by atoms with E-state index in [1.165, 1.54) is 5.69 Å². The highest BCUT2D eigenvalue weighted by Crippen LogP contribution is 2.02. The van der Waals surface area contributed by atoms with Gasteiger partial charge in [-0.15, -0.1) is 10.2 Å². The summed E-state index contributed by atoms with van der Waals surface area (Å²) in [4.78, 5) is 0. The van der Waals surface area contributed by atoms with Crippen LogP contribution in [0.1, 0.15) is 25.4 Å². The Bertz CT molecular complexity index is 415. The molecule has 0 unspecified atom stereocenters. The molecule has 0 aliphatic heterocycles. The Labute approximate surface area is 101 Å². The monoisotopic (exact) mass is 233 g/mol. The highest BCUT2D eigenvalue weighted by atomic mass is 15.3. The van der Waals surface area contributed by atoms with Gasteiger partial charge in [-0.05, 0) is 26.0 Å². The second-order valence-corrected chi connectivity index (χ2v) is 3.92. The fourth-order valence-corrected chi connectivity index (χ4v) is 1.90. The van der Waals surface area contributed by atoms with Crippen LogP contribution in [0.5, 0.6) is 0 Å². The molecule has 0 amide bonds. The van der Waals surface area contributed by atoms with Gasteiger partial charge >= 0.3 is 0 Å². The van der Waals surface area contributed by atoms with E-state index in [2.05, 4.69) is 52.3 Å². The molecule has 5 nitrogen and oxygen atoms in total. The largest absolute Gasteiger partial charge is 0.351 e. The van der Waals surface area contributed by atoms with Crippen LogP contribution in [0.4, 0.5) is 0 Å². The third kappa shape index (κ3) is 2.74. The van der Waals surface area contributed by atoms with Crippen LogP contribution in [0.25, 0.3) is 0 Å². The first kappa shape index (κ1) is 11.9. The predicted octanol–water partition coefficient (Wildman–Crippen LogP) is 1.41. The van der Waals surface area contributed by atoms with E-state index in [9.17, 15) is 0 Å². The summed E-state index contributed by atoms with van der Waals surface area (Å²) < 4.78 is 4.28. The molecule has 2 heterocycles. The van der Waals surface area contributed by atoms with Gasteiger partial charge in [0.2, 0.25) is 0 Å². The minimum atomic E-state index is 0.753. The summed E-state index contributed by atoms with van der Waals surface area (Å²) >= 11 is 0. The maximum absolute atomic E-state index is 4.09. The molecule has 0 bridgehead atoms. The van der Waals surface area contributed by atoms with Crippen LogP contribution in [0.15, 0.2) is 24.7 Å². The van der Waals surface area contributed by atoms with Crippen LogP contribution < -0.4 is 5.32 Å². The van der Waals surface area contributed by atoms with Gasteiger partial charge < -0.3 is 14.5 Å². The lowest BCUT2D eigenvalue weighted by atomic mass is 10.4. The molecule has 0 fully saturated rings. The molecular weight excluding hydrogens is 214 g/mol. The molecule has 2 aromatic rings. The van der Waals surface area contributed by atoms with Crippen LogP contribution in [-0.2, 0) is 26.2 Å². The van der Waals surface area contributed by atoms with E-state index >= 15 is 0 Å². The summed E-state index contributed by atoms with van der Waals surface area (Å²) in [5, 5.41) is 11.4. The number of rotatable bonds is 6. The van der Waals surface area contributed by atoms with Gasteiger partial charge in [-0.1, -0.05) is 0 Å².